The van der Waals surface area contributed by atoms with Gasteiger partial charge < -0.3 is 0 Å². The summed E-state index contributed by atoms with van der Waals surface area (Å²) in [5.41, 5.74) is 3.27. The van der Waals surface area contributed by atoms with Crippen LogP contribution in [-0.4, -0.2) is 8.42 Å². The van der Waals surface area contributed by atoms with Gasteiger partial charge in [0.05, 0.1) is 17.1 Å². The van der Waals surface area contributed by atoms with E-state index in [9.17, 15) is 12.8 Å². The van der Waals surface area contributed by atoms with Crippen molar-refractivity contribution >= 4 is 27.3 Å². The van der Waals surface area contributed by atoms with Gasteiger partial charge in [0.2, 0.25) is 0 Å². The third-order valence-corrected chi connectivity index (χ3v) is 6.73. The lowest BCUT2D eigenvalue weighted by atomic mass is 10.1. The number of sulfonamides is 1. The van der Waals surface area contributed by atoms with Crippen LogP contribution in [0.25, 0.3) is 0 Å². The van der Waals surface area contributed by atoms with Gasteiger partial charge in [-0.15, -0.1) is 0 Å². The fourth-order valence-corrected chi connectivity index (χ4v) is 4.66. The van der Waals surface area contributed by atoms with Gasteiger partial charge >= 0.3 is 0 Å². The summed E-state index contributed by atoms with van der Waals surface area (Å²) in [6.45, 7) is 5.40. The predicted octanol–water partition coefficient (Wildman–Crippen LogP) is 5.80. The Morgan fingerprint density at radius 3 is 2.21 bits per heavy atom. The monoisotopic (exact) mass is 417 g/mol. The first-order valence-corrected chi connectivity index (χ1v) is 10.6. The van der Waals surface area contributed by atoms with E-state index < -0.39 is 15.8 Å². The first-order chi connectivity index (χ1) is 13.2. The third kappa shape index (κ3) is 4.05. The van der Waals surface area contributed by atoms with Crippen LogP contribution in [0.1, 0.15) is 22.3 Å². The summed E-state index contributed by atoms with van der Waals surface area (Å²) >= 11 is 6.19. The zero-order valence-corrected chi connectivity index (χ0v) is 17.5. The number of hydrogen-bond donors (Lipinski definition) is 0. The van der Waals surface area contributed by atoms with E-state index in [-0.39, 0.29) is 22.0 Å². The maximum atomic E-state index is 14.4. The van der Waals surface area contributed by atoms with Gasteiger partial charge in [-0.3, -0.25) is 4.31 Å². The summed E-state index contributed by atoms with van der Waals surface area (Å²) in [7, 11) is -3.93. The zero-order valence-electron chi connectivity index (χ0n) is 15.9. The Morgan fingerprint density at radius 1 is 0.929 bits per heavy atom. The minimum Gasteiger partial charge on any atom is -0.261 e. The van der Waals surface area contributed by atoms with E-state index in [1.54, 1.807) is 36.4 Å². The molecule has 3 aromatic carbocycles. The zero-order chi connectivity index (χ0) is 20.5. The molecule has 0 N–H and O–H groups in total. The summed E-state index contributed by atoms with van der Waals surface area (Å²) in [5.74, 6) is -0.540. The van der Waals surface area contributed by atoms with E-state index in [1.165, 1.54) is 16.4 Å². The summed E-state index contributed by atoms with van der Waals surface area (Å²) < 4.78 is 42.7. The molecule has 0 amide bonds. The first-order valence-electron chi connectivity index (χ1n) is 8.79. The fraction of sp³-hybridized carbons (Fsp3) is 0.182. The molecule has 3 rings (SSSR count). The molecule has 0 radical (unpaired) electrons. The number of nitrogens with zero attached hydrogens (tertiary/aromatic N) is 1. The van der Waals surface area contributed by atoms with Crippen LogP contribution in [0.4, 0.5) is 10.1 Å². The SMILES string of the molecule is Cc1ccc(S(=O)(=O)N(Cc2c(F)cccc2Cl)c2cc(C)ccc2C)cc1. The number of halogens is 2. The molecule has 146 valence electrons. The third-order valence-electron chi connectivity index (χ3n) is 4.61. The highest BCUT2D eigenvalue weighted by Gasteiger charge is 2.28. The average molecular weight is 418 g/mol. The number of rotatable bonds is 5. The number of anilines is 1. The van der Waals surface area contributed by atoms with E-state index in [4.69, 9.17) is 11.6 Å². The molecule has 28 heavy (non-hydrogen) atoms. The predicted molar refractivity (Wildman–Crippen MR) is 112 cm³/mol. The summed E-state index contributed by atoms with van der Waals surface area (Å²) in [6.07, 6.45) is 0. The van der Waals surface area contributed by atoms with E-state index in [2.05, 4.69) is 0 Å². The highest BCUT2D eigenvalue weighted by Crippen LogP contribution is 2.32. The Labute approximate surface area is 170 Å². The van der Waals surface area contributed by atoms with Crippen LogP contribution in [0.2, 0.25) is 5.02 Å². The largest absolute Gasteiger partial charge is 0.264 e. The highest BCUT2D eigenvalue weighted by molar-refractivity contribution is 7.92. The lowest BCUT2D eigenvalue weighted by Gasteiger charge is -2.27. The molecule has 0 unspecified atom stereocenters. The molecule has 0 aliphatic heterocycles. The molecule has 0 saturated carbocycles. The van der Waals surface area contributed by atoms with Crippen molar-refractivity contribution in [3.63, 3.8) is 0 Å². The molecule has 0 spiro atoms. The number of aryl methyl sites for hydroxylation is 3. The molecule has 0 aliphatic carbocycles. The molecule has 0 bridgehead atoms. The van der Waals surface area contributed by atoms with Crippen LogP contribution in [0.15, 0.2) is 65.6 Å². The molecule has 6 heteroatoms. The maximum Gasteiger partial charge on any atom is 0.264 e. The Bertz CT molecular complexity index is 1090. The van der Waals surface area contributed by atoms with Crippen LogP contribution < -0.4 is 4.31 Å². The van der Waals surface area contributed by atoms with E-state index in [0.29, 0.717) is 5.69 Å². The van der Waals surface area contributed by atoms with Gasteiger partial charge in [0.25, 0.3) is 10.0 Å². The van der Waals surface area contributed by atoms with Gasteiger partial charge in [0.1, 0.15) is 5.82 Å². The summed E-state index contributed by atoms with van der Waals surface area (Å²) in [6, 6.07) is 16.5. The van der Waals surface area contributed by atoms with Crippen molar-refractivity contribution in [2.45, 2.75) is 32.2 Å². The van der Waals surface area contributed by atoms with Crippen molar-refractivity contribution in [1.29, 1.82) is 0 Å². The Balaban J connectivity index is 2.19. The van der Waals surface area contributed by atoms with Crippen molar-refractivity contribution < 1.29 is 12.8 Å². The first kappa shape index (κ1) is 20.4. The quantitative estimate of drug-likeness (QED) is 0.526. The Morgan fingerprint density at radius 2 is 1.57 bits per heavy atom. The van der Waals surface area contributed by atoms with Crippen molar-refractivity contribution in [3.8, 4) is 0 Å². The maximum absolute atomic E-state index is 14.4. The van der Waals surface area contributed by atoms with Crippen LogP contribution in [-0.2, 0) is 16.6 Å². The van der Waals surface area contributed by atoms with E-state index in [1.807, 2.05) is 32.9 Å². The van der Waals surface area contributed by atoms with Gasteiger partial charge in [-0.25, -0.2) is 12.8 Å². The van der Waals surface area contributed by atoms with Gasteiger partial charge in [-0.2, -0.15) is 0 Å². The van der Waals surface area contributed by atoms with Crippen LogP contribution >= 0.6 is 11.6 Å². The second kappa shape index (κ2) is 7.94. The Kier molecular flexibility index (Phi) is 5.77. The van der Waals surface area contributed by atoms with Crippen LogP contribution in [0, 0.1) is 26.6 Å². The number of benzene rings is 3. The molecule has 0 aliphatic rings. The summed E-state index contributed by atoms with van der Waals surface area (Å²) in [4.78, 5) is 0.145. The molecule has 0 atom stereocenters. The molecule has 0 aromatic heterocycles. The van der Waals surface area contributed by atoms with Gasteiger partial charge in [0.15, 0.2) is 0 Å². The van der Waals surface area contributed by atoms with Gasteiger partial charge in [-0.1, -0.05) is 47.5 Å². The topological polar surface area (TPSA) is 37.4 Å². The molecular weight excluding hydrogens is 397 g/mol. The van der Waals surface area contributed by atoms with Crippen LogP contribution in [0.5, 0.6) is 0 Å². The minimum atomic E-state index is -3.93. The van der Waals surface area contributed by atoms with Crippen LogP contribution in [0.3, 0.4) is 0 Å². The lowest BCUT2D eigenvalue weighted by Crippen LogP contribution is -2.31. The molecule has 0 saturated heterocycles. The molecule has 0 heterocycles. The van der Waals surface area contributed by atoms with Gasteiger partial charge in [-0.05, 0) is 62.2 Å². The molecule has 0 fully saturated rings. The molecule has 3 nitrogen and oxygen atoms in total. The lowest BCUT2D eigenvalue weighted by molar-refractivity contribution is 0.585. The van der Waals surface area contributed by atoms with Gasteiger partial charge in [0, 0.05) is 10.6 Å². The normalized spacial score (nSPS) is 11.5. The second-order valence-electron chi connectivity index (χ2n) is 6.81. The van der Waals surface area contributed by atoms with Crippen molar-refractivity contribution in [1.82, 2.24) is 0 Å². The minimum absolute atomic E-state index is 0.140. The standard InChI is InChI=1S/C22H21ClFNO2S/c1-15-8-11-18(12-9-15)28(26,27)25(22-13-16(2)7-10-17(22)3)14-19-20(23)5-4-6-21(19)24/h4-13H,14H2,1-3H3. The fourth-order valence-electron chi connectivity index (χ4n) is 2.95. The summed E-state index contributed by atoms with van der Waals surface area (Å²) in [5, 5.41) is 0.189. The van der Waals surface area contributed by atoms with Crippen molar-refractivity contribution in [3.05, 3.63) is 93.8 Å². The van der Waals surface area contributed by atoms with E-state index >= 15 is 0 Å². The molecule has 3 aromatic rings. The smallest absolute Gasteiger partial charge is 0.261 e. The Hall–Kier alpha value is -2.37. The number of hydrogen-bond acceptors (Lipinski definition) is 2. The highest BCUT2D eigenvalue weighted by atomic mass is 35.5. The molecular formula is C22H21ClFNO2S. The second-order valence-corrected chi connectivity index (χ2v) is 9.08. The van der Waals surface area contributed by atoms with Crippen molar-refractivity contribution in [2.75, 3.05) is 4.31 Å². The van der Waals surface area contributed by atoms with E-state index in [0.717, 1.165) is 16.7 Å². The average Bonchev–Trinajstić information content (AvgIpc) is 2.64. The van der Waals surface area contributed by atoms with Crippen molar-refractivity contribution in [2.24, 2.45) is 0 Å².